The lowest BCUT2D eigenvalue weighted by molar-refractivity contribution is -0.0383. The van der Waals surface area contributed by atoms with Gasteiger partial charge in [-0.1, -0.05) is 45.0 Å². The first-order valence-corrected chi connectivity index (χ1v) is 7.61. The lowest BCUT2D eigenvalue weighted by Crippen LogP contribution is -2.45. The Kier molecular flexibility index (Phi) is 4.33. The van der Waals surface area contributed by atoms with Gasteiger partial charge in [0, 0.05) is 12.7 Å². The molecule has 1 saturated carbocycles. The molecule has 1 fully saturated rings. The highest BCUT2D eigenvalue weighted by molar-refractivity contribution is 6.02. The Bertz CT molecular complexity index is 461. The molecule has 0 bridgehead atoms. The Labute approximate surface area is 122 Å². The largest absolute Gasteiger partial charge is 0.370 e. The van der Waals surface area contributed by atoms with Crippen molar-refractivity contribution in [2.75, 3.05) is 7.11 Å². The molecule has 1 aliphatic rings. The first-order valence-electron chi connectivity index (χ1n) is 7.61. The molecule has 0 atom stereocenters. The number of hydrogen-bond donors (Lipinski definition) is 0. The summed E-state index contributed by atoms with van der Waals surface area (Å²) in [5, 5.41) is 0. The predicted molar refractivity (Wildman–Crippen MR) is 82.1 cm³/mol. The maximum atomic E-state index is 12.8. The Morgan fingerprint density at radius 3 is 2.10 bits per heavy atom. The molecular formula is C18H26O2. The molecule has 0 heterocycles. The first-order chi connectivity index (χ1) is 9.42. The van der Waals surface area contributed by atoms with Crippen LogP contribution >= 0.6 is 0 Å². The molecule has 1 aliphatic carbocycles. The van der Waals surface area contributed by atoms with Crippen molar-refractivity contribution in [3.63, 3.8) is 0 Å². The third-order valence-corrected chi connectivity index (χ3v) is 4.84. The SMILES string of the molecule is CCc1ccc(C(=O)C2(OC)CCC(C)(C)CC2)cc1. The van der Waals surface area contributed by atoms with E-state index in [1.807, 2.05) is 24.3 Å². The number of ether oxygens (including phenoxy) is 1. The Hall–Kier alpha value is -1.15. The summed E-state index contributed by atoms with van der Waals surface area (Å²) in [5.41, 5.74) is 1.76. The molecule has 0 aromatic heterocycles. The average molecular weight is 274 g/mol. The predicted octanol–water partition coefficient (Wildman–Crippen LogP) is 4.42. The molecule has 20 heavy (non-hydrogen) atoms. The van der Waals surface area contributed by atoms with Crippen molar-refractivity contribution in [3.8, 4) is 0 Å². The standard InChI is InChI=1S/C18H26O2/c1-5-14-6-8-15(9-7-14)16(19)18(20-4)12-10-17(2,3)11-13-18/h6-9H,5,10-13H2,1-4H3. The zero-order valence-electron chi connectivity index (χ0n) is 13.2. The van der Waals surface area contributed by atoms with E-state index in [9.17, 15) is 4.79 Å². The number of aryl methyl sites for hydroxylation is 1. The van der Waals surface area contributed by atoms with E-state index in [1.54, 1.807) is 7.11 Å². The summed E-state index contributed by atoms with van der Waals surface area (Å²) in [6.45, 7) is 6.66. The second kappa shape index (κ2) is 5.69. The zero-order chi connectivity index (χ0) is 14.8. The van der Waals surface area contributed by atoms with Gasteiger partial charge < -0.3 is 4.74 Å². The molecule has 0 radical (unpaired) electrons. The van der Waals surface area contributed by atoms with Crippen LogP contribution in [0, 0.1) is 5.41 Å². The summed E-state index contributed by atoms with van der Waals surface area (Å²) in [7, 11) is 1.68. The minimum atomic E-state index is -0.608. The molecule has 0 saturated heterocycles. The summed E-state index contributed by atoms with van der Waals surface area (Å²) in [4.78, 5) is 12.8. The summed E-state index contributed by atoms with van der Waals surface area (Å²) in [6.07, 6.45) is 4.73. The number of methoxy groups -OCH3 is 1. The van der Waals surface area contributed by atoms with Crippen LogP contribution in [0.15, 0.2) is 24.3 Å². The fourth-order valence-corrected chi connectivity index (χ4v) is 3.01. The zero-order valence-corrected chi connectivity index (χ0v) is 13.2. The Morgan fingerprint density at radius 2 is 1.65 bits per heavy atom. The number of rotatable bonds is 4. The monoisotopic (exact) mass is 274 g/mol. The highest BCUT2D eigenvalue weighted by Gasteiger charge is 2.44. The van der Waals surface area contributed by atoms with Gasteiger partial charge in [-0.2, -0.15) is 0 Å². The third kappa shape index (κ3) is 2.95. The molecule has 0 spiro atoms. The lowest BCUT2D eigenvalue weighted by Gasteiger charge is -2.41. The van der Waals surface area contributed by atoms with Crippen LogP contribution in [-0.2, 0) is 11.2 Å². The molecule has 1 aromatic rings. The lowest BCUT2D eigenvalue weighted by atomic mass is 9.68. The number of benzene rings is 1. The summed E-state index contributed by atoms with van der Waals surface area (Å²) >= 11 is 0. The number of Topliss-reactive ketones (excluding diaryl/α,β-unsaturated/α-hetero) is 1. The third-order valence-electron chi connectivity index (χ3n) is 4.84. The molecule has 0 N–H and O–H groups in total. The summed E-state index contributed by atoms with van der Waals surface area (Å²) < 4.78 is 5.70. The minimum absolute atomic E-state index is 0.151. The smallest absolute Gasteiger partial charge is 0.194 e. The quantitative estimate of drug-likeness (QED) is 0.760. The number of hydrogen-bond acceptors (Lipinski definition) is 2. The minimum Gasteiger partial charge on any atom is -0.370 e. The van der Waals surface area contributed by atoms with E-state index < -0.39 is 5.60 Å². The van der Waals surface area contributed by atoms with Crippen LogP contribution < -0.4 is 0 Å². The average Bonchev–Trinajstić information content (AvgIpc) is 2.47. The Morgan fingerprint density at radius 1 is 1.10 bits per heavy atom. The van der Waals surface area contributed by atoms with Crippen molar-refractivity contribution < 1.29 is 9.53 Å². The molecule has 0 aliphatic heterocycles. The van der Waals surface area contributed by atoms with E-state index in [-0.39, 0.29) is 5.78 Å². The van der Waals surface area contributed by atoms with Gasteiger partial charge in [0.05, 0.1) is 0 Å². The number of carbonyl (C=O) groups is 1. The van der Waals surface area contributed by atoms with Gasteiger partial charge in [-0.05, 0) is 43.1 Å². The molecule has 2 nitrogen and oxygen atoms in total. The fourth-order valence-electron chi connectivity index (χ4n) is 3.01. The van der Waals surface area contributed by atoms with Crippen molar-refractivity contribution in [3.05, 3.63) is 35.4 Å². The first kappa shape index (κ1) is 15.2. The van der Waals surface area contributed by atoms with Crippen molar-refractivity contribution in [2.24, 2.45) is 5.41 Å². The van der Waals surface area contributed by atoms with Crippen LogP contribution in [0.25, 0.3) is 0 Å². The van der Waals surface area contributed by atoms with Crippen LogP contribution in [0.4, 0.5) is 0 Å². The molecule has 1 aromatic carbocycles. The number of carbonyl (C=O) groups excluding carboxylic acids is 1. The van der Waals surface area contributed by atoms with Gasteiger partial charge in [0.25, 0.3) is 0 Å². The van der Waals surface area contributed by atoms with Crippen LogP contribution in [0.2, 0.25) is 0 Å². The molecule has 0 unspecified atom stereocenters. The Balaban J connectivity index is 2.20. The fraction of sp³-hybridized carbons (Fsp3) is 0.611. The van der Waals surface area contributed by atoms with Crippen LogP contribution in [0.3, 0.4) is 0 Å². The maximum absolute atomic E-state index is 12.8. The van der Waals surface area contributed by atoms with Gasteiger partial charge in [-0.15, -0.1) is 0 Å². The topological polar surface area (TPSA) is 26.3 Å². The molecular weight excluding hydrogens is 248 g/mol. The van der Waals surface area contributed by atoms with E-state index in [0.29, 0.717) is 5.41 Å². The van der Waals surface area contributed by atoms with Crippen LogP contribution in [-0.4, -0.2) is 18.5 Å². The maximum Gasteiger partial charge on any atom is 0.194 e. The van der Waals surface area contributed by atoms with Gasteiger partial charge >= 0.3 is 0 Å². The second-order valence-corrected chi connectivity index (χ2v) is 6.74. The van der Waals surface area contributed by atoms with Crippen molar-refractivity contribution in [2.45, 2.75) is 58.5 Å². The highest BCUT2D eigenvalue weighted by Crippen LogP contribution is 2.43. The van der Waals surface area contributed by atoms with E-state index >= 15 is 0 Å². The van der Waals surface area contributed by atoms with E-state index in [4.69, 9.17) is 4.74 Å². The molecule has 110 valence electrons. The van der Waals surface area contributed by atoms with Crippen molar-refractivity contribution >= 4 is 5.78 Å². The normalized spacial score (nSPS) is 20.6. The van der Waals surface area contributed by atoms with Crippen molar-refractivity contribution in [1.82, 2.24) is 0 Å². The van der Waals surface area contributed by atoms with Crippen LogP contribution in [0.1, 0.15) is 62.4 Å². The summed E-state index contributed by atoms with van der Waals surface area (Å²) in [5.74, 6) is 0.151. The second-order valence-electron chi connectivity index (χ2n) is 6.74. The number of ketones is 1. The van der Waals surface area contributed by atoms with E-state index in [1.165, 1.54) is 5.56 Å². The van der Waals surface area contributed by atoms with E-state index in [2.05, 4.69) is 20.8 Å². The van der Waals surface area contributed by atoms with Gasteiger partial charge in [0.1, 0.15) is 5.60 Å². The van der Waals surface area contributed by atoms with Crippen molar-refractivity contribution in [1.29, 1.82) is 0 Å². The summed E-state index contributed by atoms with van der Waals surface area (Å²) in [6, 6.07) is 7.98. The highest BCUT2D eigenvalue weighted by atomic mass is 16.5. The molecule has 2 heteroatoms. The van der Waals surface area contributed by atoms with Crippen LogP contribution in [0.5, 0.6) is 0 Å². The van der Waals surface area contributed by atoms with Gasteiger partial charge in [0.2, 0.25) is 0 Å². The molecule has 0 amide bonds. The molecule has 2 rings (SSSR count). The van der Waals surface area contributed by atoms with E-state index in [0.717, 1.165) is 37.7 Å². The van der Waals surface area contributed by atoms with Gasteiger partial charge in [-0.3, -0.25) is 4.79 Å². The van der Waals surface area contributed by atoms with Gasteiger partial charge in [0.15, 0.2) is 5.78 Å². The van der Waals surface area contributed by atoms with Gasteiger partial charge in [-0.25, -0.2) is 0 Å².